The Bertz CT molecular complexity index is 1190. The van der Waals surface area contributed by atoms with Crippen LogP contribution in [0, 0.1) is 5.82 Å². The van der Waals surface area contributed by atoms with Gasteiger partial charge in [-0.2, -0.15) is 0 Å². The molecular weight excluding hydrogens is 447 g/mol. The number of carboxylic acid groups (broad SMARTS) is 1. The number of hydrogen-bond acceptors (Lipinski definition) is 3. The second-order valence-electron chi connectivity index (χ2n) is 7.66. The first-order valence-corrected chi connectivity index (χ1v) is 10.8. The van der Waals surface area contributed by atoms with Crippen molar-refractivity contribution in [3.8, 4) is 5.75 Å². The van der Waals surface area contributed by atoms with E-state index in [9.17, 15) is 14.0 Å². The lowest BCUT2D eigenvalue weighted by atomic mass is 9.88. The van der Waals surface area contributed by atoms with Gasteiger partial charge >= 0.3 is 12.0 Å². The molecule has 0 fully saturated rings. The van der Waals surface area contributed by atoms with Crippen LogP contribution >= 0.6 is 11.6 Å². The summed E-state index contributed by atoms with van der Waals surface area (Å²) < 4.78 is 19.6. The molecule has 0 saturated carbocycles. The van der Waals surface area contributed by atoms with Crippen LogP contribution in [-0.4, -0.2) is 35.2 Å². The van der Waals surface area contributed by atoms with E-state index in [-0.39, 0.29) is 12.6 Å². The fourth-order valence-corrected chi connectivity index (χ4v) is 4.22. The summed E-state index contributed by atoms with van der Waals surface area (Å²) in [6.07, 6.45) is 0.645. The van der Waals surface area contributed by atoms with Crippen molar-refractivity contribution in [2.45, 2.75) is 19.0 Å². The first-order valence-electron chi connectivity index (χ1n) is 10.4. The van der Waals surface area contributed by atoms with Gasteiger partial charge in [0.05, 0.1) is 6.04 Å². The van der Waals surface area contributed by atoms with Crippen LogP contribution in [0.2, 0.25) is 5.02 Å². The molecule has 4 rings (SSSR count). The summed E-state index contributed by atoms with van der Waals surface area (Å²) in [5.41, 5.74) is 2.93. The number of fused-ring (bicyclic) bond motifs is 1. The highest BCUT2D eigenvalue weighted by atomic mass is 35.5. The Morgan fingerprint density at radius 2 is 1.85 bits per heavy atom. The molecule has 170 valence electrons. The number of hydrogen-bond donors (Lipinski definition) is 2. The average Bonchev–Trinajstić information content (AvgIpc) is 2.81. The second-order valence-corrected chi connectivity index (χ2v) is 8.10. The molecule has 0 spiro atoms. The molecule has 0 radical (unpaired) electrons. The van der Waals surface area contributed by atoms with Gasteiger partial charge in [-0.15, -0.1) is 0 Å². The number of halogens is 2. The van der Waals surface area contributed by atoms with Crippen LogP contribution in [0.3, 0.4) is 0 Å². The van der Waals surface area contributed by atoms with E-state index in [1.807, 2.05) is 24.3 Å². The Balaban J connectivity index is 1.69. The van der Waals surface area contributed by atoms with Crippen LogP contribution in [0.25, 0.3) is 0 Å². The van der Waals surface area contributed by atoms with Crippen molar-refractivity contribution >= 4 is 23.6 Å². The molecule has 3 aromatic carbocycles. The lowest BCUT2D eigenvalue weighted by molar-refractivity contribution is -0.139. The van der Waals surface area contributed by atoms with Gasteiger partial charge in [0.1, 0.15) is 11.6 Å². The number of benzene rings is 3. The molecule has 2 amide bonds. The maximum Gasteiger partial charge on any atom is 0.341 e. The Morgan fingerprint density at radius 1 is 1.09 bits per heavy atom. The molecule has 1 heterocycles. The third-order valence-corrected chi connectivity index (χ3v) is 5.78. The van der Waals surface area contributed by atoms with Crippen LogP contribution in [0.4, 0.5) is 9.18 Å². The normalized spacial score (nSPS) is 15.0. The molecule has 8 heteroatoms. The zero-order valence-corrected chi connectivity index (χ0v) is 18.4. The summed E-state index contributed by atoms with van der Waals surface area (Å²) in [5, 5.41) is 12.3. The second kappa shape index (κ2) is 9.92. The van der Waals surface area contributed by atoms with E-state index >= 15 is 0 Å². The van der Waals surface area contributed by atoms with Crippen molar-refractivity contribution < 1.29 is 23.8 Å². The minimum Gasteiger partial charge on any atom is -0.482 e. The maximum atomic E-state index is 14.0. The van der Waals surface area contributed by atoms with Crippen molar-refractivity contribution in [2.75, 3.05) is 13.2 Å². The summed E-state index contributed by atoms with van der Waals surface area (Å²) in [6.45, 7) is -0.0769. The number of ether oxygens (including phenoxy) is 1. The van der Waals surface area contributed by atoms with Gasteiger partial charge in [-0.05, 0) is 41.8 Å². The predicted octanol–water partition coefficient (Wildman–Crippen LogP) is 4.80. The molecule has 1 unspecified atom stereocenters. The van der Waals surface area contributed by atoms with Gasteiger partial charge in [0.25, 0.3) is 0 Å². The number of urea groups is 1. The third kappa shape index (κ3) is 5.09. The molecule has 0 saturated heterocycles. The smallest absolute Gasteiger partial charge is 0.341 e. The van der Waals surface area contributed by atoms with Crippen molar-refractivity contribution in [1.29, 1.82) is 0 Å². The van der Waals surface area contributed by atoms with E-state index < -0.39 is 24.4 Å². The van der Waals surface area contributed by atoms with Gasteiger partial charge in [-0.25, -0.2) is 14.0 Å². The molecule has 2 N–H and O–H groups in total. The van der Waals surface area contributed by atoms with E-state index in [0.717, 1.165) is 11.1 Å². The number of amides is 2. The van der Waals surface area contributed by atoms with Crippen molar-refractivity contribution in [3.63, 3.8) is 0 Å². The number of aliphatic carboxylic acids is 1. The summed E-state index contributed by atoms with van der Waals surface area (Å²) in [5.74, 6) is -1.17. The number of nitrogens with zero attached hydrogens (tertiary/aromatic N) is 1. The van der Waals surface area contributed by atoms with E-state index in [0.29, 0.717) is 34.9 Å². The topological polar surface area (TPSA) is 78.9 Å². The fourth-order valence-electron chi connectivity index (χ4n) is 4.04. The third-order valence-electron chi connectivity index (χ3n) is 5.55. The standard InChI is InChI=1S/C25H22ClFN2O4/c26-18-9-10-22(33-15-23(30)31)20(13-18)24-19-7-3-1-5-16(19)11-12-29(24)25(32)28-14-17-6-2-4-8-21(17)27/h1-10,13,24H,11-12,14-15H2,(H,28,32)(H,30,31). The highest BCUT2D eigenvalue weighted by Crippen LogP contribution is 2.40. The van der Waals surface area contributed by atoms with E-state index in [1.165, 1.54) is 6.07 Å². The van der Waals surface area contributed by atoms with E-state index in [1.54, 1.807) is 41.3 Å². The molecule has 0 aromatic heterocycles. The van der Waals surface area contributed by atoms with Crippen molar-refractivity contribution in [3.05, 3.63) is 99.8 Å². The van der Waals surface area contributed by atoms with Gasteiger partial charge < -0.3 is 20.1 Å². The zero-order chi connectivity index (χ0) is 23.4. The van der Waals surface area contributed by atoms with Gasteiger partial charge in [0.2, 0.25) is 0 Å². The van der Waals surface area contributed by atoms with Crippen LogP contribution in [0.15, 0.2) is 66.7 Å². The number of carboxylic acids is 1. The molecule has 6 nitrogen and oxygen atoms in total. The molecule has 1 aliphatic heterocycles. The maximum absolute atomic E-state index is 14.0. The largest absolute Gasteiger partial charge is 0.482 e. The summed E-state index contributed by atoms with van der Waals surface area (Å²) >= 11 is 6.28. The minimum absolute atomic E-state index is 0.0360. The van der Waals surface area contributed by atoms with Crippen molar-refractivity contribution in [1.82, 2.24) is 10.2 Å². The lowest BCUT2D eigenvalue weighted by Crippen LogP contribution is -2.46. The Kier molecular flexibility index (Phi) is 6.79. The fraction of sp³-hybridized carbons (Fsp3) is 0.200. The molecule has 3 aromatic rings. The molecule has 0 bridgehead atoms. The first kappa shape index (κ1) is 22.6. The zero-order valence-electron chi connectivity index (χ0n) is 17.6. The summed E-state index contributed by atoms with van der Waals surface area (Å²) in [7, 11) is 0. The van der Waals surface area contributed by atoms with Crippen molar-refractivity contribution in [2.24, 2.45) is 0 Å². The summed E-state index contributed by atoms with van der Waals surface area (Å²) in [6, 6.07) is 18.0. The Morgan fingerprint density at radius 3 is 2.64 bits per heavy atom. The Labute approximate surface area is 195 Å². The van der Waals surface area contributed by atoms with Crippen LogP contribution in [0.1, 0.15) is 28.3 Å². The molecule has 33 heavy (non-hydrogen) atoms. The first-order chi connectivity index (χ1) is 15.9. The number of rotatable bonds is 6. The molecule has 1 atom stereocenters. The Hall–Kier alpha value is -3.58. The van der Waals surface area contributed by atoms with Crippen LogP contribution in [-0.2, 0) is 17.8 Å². The lowest BCUT2D eigenvalue weighted by Gasteiger charge is -2.38. The minimum atomic E-state index is -1.11. The SMILES string of the molecule is O=C(O)COc1ccc(Cl)cc1C1c2ccccc2CCN1C(=O)NCc1ccccc1F. The average molecular weight is 469 g/mol. The van der Waals surface area contributed by atoms with Gasteiger partial charge in [0, 0.05) is 29.2 Å². The monoisotopic (exact) mass is 468 g/mol. The van der Waals surface area contributed by atoms with Gasteiger partial charge in [-0.3, -0.25) is 0 Å². The highest BCUT2D eigenvalue weighted by molar-refractivity contribution is 6.30. The quantitative estimate of drug-likeness (QED) is 0.544. The number of nitrogens with one attached hydrogen (secondary N) is 1. The number of carbonyl (C=O) groups excluding carboxylic acids is 1. The molecule has 0 aliphatic carbocycles. The molecular formula is C25H22ClFN2O4. The molecule has 1 aliphatic rings. The summed E-state index contributed by atoms with van der Waals surface area (Å²) in [4.78, 5) is 26.0. The van der Waals surface area contributed by atoms with E-state index in [4.69, 9.17) is 21.4 Å². The van der Waals surface area contributed by atoms with E-state index in [2.05, 4.69) is 5.32 Å². The van der Waals surface area contributed by atoms with Crippen LogP contribution < -0.4 is 10.1 Å². The predicted molar refractivity (Wildman–Crippen MR) is 122 cm³/mol. The van der Waals surface area contributed by atoms with Crippen LogP contribution in [0.5, 0.6) is 5.75 Å². The highest BCUT2D eigenvalue weighted by Gasteiger charge is 2.34. The van der Waals surface area contributed by atoms with Gasteiger partial charge in [-0.1, -0.05) is 54.1 Å². The van der Waals surface area contributed by atoms with Gasteiger partial charge in [0.15, 0.2) is 6.61 Å². The number of carbonyl (C=O) groups is 2.